The molecule has 0 spiro atoms. The molecule has 0 radical (unpaired) electrons. The lowest BCUT2D eigenvalue weighted by Crippen LogP contribution is -2.11. The van der Waals surface area contributed by atoms with Crippen molar-refractivity contribution < 1.29 is 0 Å². The second-order valence-electron chi connectivity index (χ2n) is 3.30. The molecule has 2 heteroatoms. The fraction of sp³-hybridized carbons (Fsp3) is 0.455. The van der Waals surface area contributed by atoms with Crippen LogP contribution in [0.25, 0.3) is 0 Å². The molecule has 1 fully saturated rings. The summed E-state index contributed by atoms with van der Waals surface area (Å²) in [4.78, 5) is 0. The predicted octanol–water partition coefficient (Wildman–Crippen LogP) is 2.58. The minimum Gasteiger partial charge on any atom is -0.301 e. The zero-order valence-electron chi connectivity index (χ0n) is 7.92. The van der Waals surface area contributed by atoms with E-state index in [1.54, 1.807) is 0 Å². The van der Waals surface area contributed by atoms with Crippen LogP contribution in [0.15, 0.2) is 24.3 Å². The standard InChI is InChI=1S/C11H15NS/c1-2-9-3-5-10(6-4-9)11-12-7-8-13-11/h3-6,11-12H,2,7-8H2,1H3/t11-/m0/s1. The Morgan fingerprint density at radius 1 is 1.38 bits per heavy atom. The number of benzene rings is 1. The largest absolute Gasteiger partial charge is 0.301 e. The van der Waals surface area contributed by atoms with Crippen molar-refractivity contribution in [2.75, 3.05) is 12.3 Å². The first-order valence-electron chi connectivity index (χ1n) is 4.84. The highest BCUT2D eigenvalue weighted by molar-refractivity contribution is 7.99. The maximum absolute atomic E-state index is 3.47. The van der Waals surface area contributed by atoms with Crippen molar-refractivity contribution in [1.29, 1.82) is 0 Å². The Morgan fingerprint density at radius 2 is 2.15 bits per heavy atom. The van der Waals surface area contributed by atoms with E-state index in [1.807, 2.05) is 11.8 Å². The molecule has 0 aliphatic carbocycles. The van der Waals surface area contributed by atoms with Crippen LogP contribution in [-0.4, -0.2) is 12.3 Å². The number of nitrogens with one attached hydrogen (secondary N) is 1. The van der Waals surface area contributed by atoms with Gasteiger partial charge in [-0.05, 0) is 17.5 Å². The molecule has 1 aromatic rings. The Hall–Kier alpha value is -0.470. The molecule has 70 valence electrons. The third kappa shape index (κ3) is 2.06. The molecular weight excluding hydrogens is 178 g/mol. The number of rotatable bonds is 2. The van der Waals surface area contributed by atoms with Crippen molar-refractivity contribution in [1.82, 2.24) is 5.32 Å². The first-order chi connectivity index (χ1) is 6.40. The molecule has 1 aliphatic rings. The third-order valence-electron chi connectivity index (χ3n) is 2.41. The van der Waals surface area contributed by atoms with E-state index in [0.29, 0.717) is 5.37 Å². The van der Waals surface area contributed by atoms with Crippen LogP contribution in [0.2, 0.25) is 0 Å². The van der Waals surface area contributed by atoms with Gasteiger partial charge in [0.1, 0.15) is 0 Å². The van der Waals surface area contributed by atoms with Gasteiger partial charge in [0.15, 0.2) is 0 Å². The van der Waals surface area contributed by atoms with Crippen LogP contribution in [0.4, 0.5) is 0 Å². The van der Waals surface area contributed by atoms with Gasteiger partial charge >= 0.3 is 0 Å². The molecule has 2 rings (SSSR count). The smallest absolute Gasteiger partial charge is 0.0790 e. The summed E-state index contributed by atoms with van der Waals surface area (Å²) in [6.07, 6.45) is 1.13. The molecule has 1 aliphatic heterocycles. The van der Waals surface area contributed by atoms with Crippen LogP contribution in [-0.2, 0) is 6.42 Å². The quantitative estimate of drug-likeness (QED) is 0.775. The molecule has 0 unspecified atom stereocenters. The molecule has 13 heavy (non-hydrogen) atoms. The average Bonchev–Trinajstić information content (AvgIpc) is 2.71. The molecule has 1 nitrogen and oxygen atoms in total. The average molecular weight is 193 g/mol. The summed E-state index contributed by atoms with van der Waals surface area (Å²) in [5.74, 6) is 1.24. The topological polar surface area (TPSA) is 12.0 Å². The van der Waals surface area contributed by atoms with Gasteiger partial charge in [-0.25, -0.2) is 0 Å². The molecule has 0 amide bonds. The van der Waals surface area contributed by atoms with Gasteiger partial charge in [-0.2, -0.15) is 0 Å². The lowest BCUT2D eigenvalue weighted by Gasteiger charge is -2.09. The fourth-order valence-corrected chi connectivity index (χ4v) is 2.62. The van der Waals surface area contributed by atoms with Crippen molar-refractivity contribution in [3.63, 3.8) is 0 Å². The minimum atomic E-state index is 0.533. The number of hydrogen-bond donors (Lipinski definition) is 1. The van der Waals surface area contributed by atoms with Crippen LogP contribution in [0.1, 0.15) is 23.4 Å². The van der Waals surface area contributed by atoms with E-state index in [2.05, 4.69) is 36.5 Å². The van der Waals surface area contributed by atoms with Crippen LogP contribution in [0.3, 0.4) is 0 Å². The van der Waals surface area contributed by atoms with E-state index in [-0.39, 0.29) is 0 Å². The fourth-order valence-electron chi connectivity index (χ4n) is 1.57. The normalized spacial score (nSPS) is 22.1. The number of aryl methyl sites for hydroxylation is 1. The van der Waals surface area contributed by atoms with Gasteiger partial charge in [-0.3, -0.25) is 0 Å². The van der Waals surface area contributed by atoms with Gasteiger partial charge in [-0.15, -0.1) is 11.8 Å². The van der Waals surface area contributed by atoms with Gasteiger partial charge in [0.2, 0.25) is 0 Å². The maximum Gasteiger partial charge on any atom is 0.0790 e. The monoisotopic (exact) mass is 193 g/mol. The van der Waals surface area contributed by atoms with Gasteiger partial charge in [0.05, 0.1) is 5.37 Å². The Balaban J connectivity index is 2.12. The summed E-state index contributed by atoms with van der Waals surface area (Å²) in [6, 6.07) is 8.95. The molecule has 1 heterocycles. The lowest BCUT2D eigenvalue weighted by atomic mass is 10.1. The summed E-state index contributed by atoms with van der Waals surface area (Å²) in [5, 5.41) is 4.01. The first-order valence-corrected chi connectivity index (χ1v) is 5.89. The Kier molecular flexibility index (Phi) is 2.91. The molecule has 1 atom stereocenters. The Bertz CT molecular complexity index is 262. The van der Waals surface area contributed by atoms with Crippen molar-refractivity contribution in [2.45, 2.75) is 18.7 Å². The number of thioether (sulfide) groups is 1. The molecule has 1 N–H and O–H groups in total. The Labute approximate surface area is 83.9 Å². The molecule has 0 bridgehead atoms. The molecular formula is C11H15NS. The zero-order chi connectivity index (χ0) is 9.10. The van der Waals surface area contributed by atoms with Gasteiger partial charge in [-0.1, -0.05) is 31.2 Å². The van der Waals surface area contributed by atoms with E-state index in [0.717, 1.165) is 13.0 Å². The first kappa shape index (κ1) is 9.10. The zero-order valence-corrected chi connectivity index (χ0v) is 8.73. The van der Waals surface area contributed by atoms with E-state index in [1.165, 1.54) is 16.9 Å². The molecule has 0 saturated carbocycles. The lowest BCUT2D eigenvalue weighted by molar-refractivity contribution is 0.750. The number of hydrogen-bond acceptors (Lipinski definition) is 2. The van der Waals surface area contributed by atoms with Gasteiger partial charge in [0.25, 0.3) is 0 Å². The SMILES string of the molecule is CCc1ccc([C@H]2NCCS2)cc1. The summed E-state index contributed by atoms with van der Waals surface area (Å²) in [5.41, 5.74) is 2.84. The summed E-state index contributed by atoms with van der Waals surface area (Å²) < 4.78 is 0. The van der Waals surface area contributed by atoms with E-state index in [9.17, 15) is 0 Å². The van der Waals surface area contributed by atoms with Crippen molar-refractivity contribution in [2.24, 2.45) is 0 Å². The van der Waals surface area contributed by atoms with Crippen molar-refractivity contribution in [3.05, 3.63) is 35.4 Å². The van der Waals surface area contributed by atoms with E-state index < -0.39 is 0 Å². The van der Waals surface area contributed by atoms with Gasteiger partial charge < -0.3 is 5.32 Å². The second-order valence-corrected chi connectivity index (χ2v) is 4.51. The molecule has 1 aromatic carbocycles. The van der Waals surface area contributed by atoms with E-state index in [4.69, 9.17) is 0 Å². The molecule has 0 aromatic heterocycles. The maximum atomic E-state index is 3.47. The van der Waals surface area contributed by atoms with Crippen LogP contribution >= 0.6 is 11.8 Å². The highest BCUT2D eigenvalue weighted by atomic mass is 32.2. The van der Waals surface area contributed by atoms with Crippen LogP contribution in [0, 0.1) is 0 Å². The summed E-state index contributed by atoms with van der Waals surface area (Å²) >= 11 is 2.00. The third-order valence-corrected chi connectivity index (χ3v) is 3.62. The highest BCUT2D eigenvalue weighted by Gasteiger charge is 2.15. The van der Waals surface area contributed by atoms with Crippen molar-refractivity contribution in [3.8, 4) is 0 Å². The summed E-state index contributed by atoms with van der Waals surface area (Å²) in [6.45, 7) is 3.34. The highest BCUT2D eigenvalue weighted by Crippen LogP contribution is 2.29. The molecule has 1 saturated heterocycles. The second kappa shape index (κ2) is 4.16. The predicted molar refractivity (Wildman–Crippen MR) is 59.0 cm³/mol. The van der Waals surface area contributed by atoms with Crippen LogP contribution < -0.4 is 5.32 Å². The van der Waals surface area contributed by atoms with Gasteiger partial charge in [0, 0.05) is 12.3 Å². The minimum absolute atomic E-state index is 0.533. The van der Waals surface area contributed by atoms with Crippen molar-refractivity contribution >= 4 is 11.8 Å². The van der Waals surface area contributed by atoms with Crippen LogP contribution in [0.5, 0.6) is 0 Å². The van der Waals surface area contributed by atoms with E-state index >= 15 is 0 Å². The Morgan fingerprint density at radius 3 is 2.69 bits per heavy atom. The summed E-state index contributed by atoms with van der Waals surface area (Å²) in [7, 11) is 0.